The number of rotatable bonds is 5. The van der Waals surface area contributed by atoms with Gasteiger partial charge in [-0.25, -0.2) is 0 Å². The summed E-state index contributed by atoms with van der Waals surface area (Å²) >= 11 is 10.4. The first kappa shape index (κ1) is 14.0. The molecule has 1 aromatic rings. The van der Waals surface area contributed by atoms with Crippen LogP contribution in [0.1, 0.15) is 24.1 Å². The molecule has 1 atom stereocenters. The standard InChI is InChI=1S/C11H16O2S4/c1-15-10-8(16-11(14)17-10)5-7-13-9-4-2-3-6-12-9/h9H,2-7H2,1H3. The number of hydrogen-bond donors (Lipinski definition) is 0. The molecule has 0 bridgehead atoms. The molecule has 0 amide bonds. The average Bonchev–Trinajstić information content (AvgIpc) is 2.71. The Balaban J connectivity index is 1.78. The third-order valence-corrected chi connectivity index (χ3v) is 6.61. The zero-order valence-electron chi connectivity index (χ0n) is 9.77. The Bertz CT molecular complexity index is 392. The SMILES string of the molecule is CSc1sc(=S)sc1CCOC1CCCCO1. The first-order valence-electron chi connectivity index (χ1n) is 5.69. The van der Waals surface area contributed by atoms with Crippen LogP contribution in [0, 0.1) is 3.14 Å². The van der Waals surface area contributed by atoms with E-state index in [0.29, 0.717) is 0 Å². The molecule has 1 aromatic heterocycles. The van der Waals surface area contributed by atoms with Crippen LogP contribution < -0.4 is 0 Å². The normalized spacial score (nSPS) is 20.6. The van der Waals surface area contributed by atoms with Gasteiger partial charge in [0.05, 0.1) is 10.8 Å². The Morgan fingerprint density at radius 2 is 2.35 bits per heavy atom. The first-order chi connectivity index (χ1) is 8.29. The lowest BCUT2D eigenvalue weighted by Crippen LogP contribution is -2.23. The first-order valence-corrected chi connectivity index (χ1v) is 8.96. The molecule has 1 aliphatic heterocycles. The van der Waals surface area contributed by atoms with Gasteiger partial charge in [-0.3, -0.25) is 0 Å². The summed E-state index contributed by atoms with van der Waals surface area (Å²) in [5.41, 5.74) is 0. The molecule has 96 valence electrons. The van der Waals surface area contributed by atoms with Crippen molar-refractivity contribution >= 4 is 46.7 Å². The summed E-state index contributed by atoms with van der Waals surface area (Å²) in [6.07, 6.45) is 6.50. The van der Waals surface area contributed by atoms with Crippen LogP contribution in [-0.4, -0.2) is 25.8 Å². The zero-order valence-corrected chi connectivity index (χ0v) is 13.0. The summed E-state index contributed by atoms with van der Waals surface area (Å²) < 4.78 is 13.6. The van der Waals surface area contributed by atoms with Gasteiger partial charge in [-0.05, 0) is 25.5 Å². The molecule has 2 nitrogen and oxygen atoms in total. The second kappa shape index (κ2) is 7.21. The highest BCUT2D eigenvalue weighted by Gasteiger charge is 2.14. The maximum absolute atomic E-state index is 5.74. The molecule has 1 aliphatic rings. The zero-order chi connectivity index (χ0) is 12.1. The van der Waals surface area contributed by atoms with Crippen LogP contribution in [0.5, 0.6) is 0 Å². The topological polar surface area (TPSA) is 18.5 Å². The molecule has 0 spiro atoms. The Morgan fingerprint density at radius 3 is 3.06 bits per heavy atom. The van der Waals surface area contributed by atoms with Gasteiger partial charge in [0.1, 0.15) is 3.14 Å². The Hall–Kier alpha value is 0.540. The van der Waals surface area contributed by atoms with Gasteiger partial charge in [0.2, 0.25) is 0 Å². The quantitative estimate of drug-likeness (QED) is 0.594. The largest absolute Gasteiger partial charge is 0.353 e. The third-order valence-electron chi connectivity index (χ3n) is 2.57. The van der Waals surface area contributed by atoms with Crippen molar-refractivity contribution in [1.82, 2.24) is 0 Å². The molecule has 1 saturated heterocycles. The monoisotopic (exact) mass is 308 g/mol. The van der Waals surface area contributed by atoms with E-state index in [1.165, 1.54) is 21.9 Å². The van der Waals surface area contributed by atoms with Crippen LogP contribution in [0.2, 0.25) is 0 Å². The van der Waals surface area contributed by atoms with Crippen LogP contribution in [-0.2, 0) is 15.9 Å². The van der Waals surface area contributed by atoms with Crippen LogP contribution in [0.15, 0.2) is 4.21 Å². The summed E-state index contributed by atoms with van der Waals surface area (Å²) in [4.78, 5) is 1.36. The maximum Gasteiger partial charge on any atom is 0.157 e. The molecule has 6 heteroatoms. The minimum Gasteiger partial charge on any atom is -0.353 e. The van der Waals surface area contributed by atoms with Gasteiger partial charge in [0.15, 0.2) is 6.29 Å². The summed E-state index contributed by atoms with van der Waals surface area (Å²) in [6, 6.07) is 0. The fraction of sp³-hybridized carbons (Fsp3) is 0.727. The summed E-state index contributed by atoms with van der Waals surface area (Å²) in [5.74, 6) is 0. The van der Waals surface area contributed by atoms with E-state index < -0.39 is 0 Å². The highest BCUT2D eigenvalue weighted by molar-refractivity contribution is 8.01. The van der Waals surface area contributed by atoms with Crippen molar-refractivity contribution in [2.75, 3.05) is 19.5 Å². The lowest BCUT2D eigenvalue weighted by Gasteiger charge is -2.22. The van der Waals surface area contributed by atoms with E-state index in [2.05, 4.69) is 6.26 Å². The van der Waals surface area contributed by atoms with E-state index in [1.54, 1.807) is 34.4 Å². The van der Waals surface area contributed by atoms with Gasteiger partial charge in [0, 0.05) is 17.9 Å². The molecular weight excluding hydrogens is 292 g/mol. The van der Waals surface area contributed by atoms with Crippen molar-refractivity contribution in [3.63, 3.8) is 0 Å². The van der Waals surface area contributed by atoms with Gasteiger partial charge >= 0.3 is 0 Å². The molecule has 0 aliphatic carbocycles. The van der Waals surface area contributed by atoms with Crippen LogP contribution >= 0.6 is 46.7 Å². The highest BCUT2D eigenvalue weighted by Crippen LogP contribution is 2.33. The van der Waals surface area contributed by atoms with E-state index in [9.17, 15) is 0 Å². The average molecular weight is 309 g/mol. The van der Waals surface area contributed by atoms with Crippen LogP contribution in [0.3, 0.4) is 0 Å². The molecule has 17 heavy (non-hydrogen) atoms. The van der Waals surface area contributed by atoms with Crippen molar-refractivity contribution in [1.29, 1.82) is 0 Å². The van der Waals surface area contributed by atoms with Crippen molar-refractivity contribution < 1.29 is 9.47 Å². The molecule has 2 heterocycles. The number of ether oxygens (including phenoxy) is 2. The second-order valence-corrected chi connectivity index (χ2v) is 8.17. The fourth-order valence-corrected chi connectivity index (χ4v) is 5.69. The van der Waals surface area contributed by atoms with Crippen LogP contribution in [0.4, 0.5) is 0 Å². The minimum atomic E-state index is 0.0214. The summed E-state index contributed by atoms with van der Waals surface area (Å²) in [6.45, 7) is 1.58. The van der Waals surface area contributed by atoms with Crippen molar-refractivity contribution in [2.24, 2.45) is 0 Å². The van der Waals surface area contributed by atoms with Crippen molar-refractivity contribution in [3.05, 3.63) is 8.01 Å². The van der Waals surface area contributed by atoms with E-state index in [-0.39, 0.29) is 6.29 Å². The van der Waals surface area contributed by atoms with Gasteiger partial charge in [-0.15, -0.1) is 34.4 Å². The van der Waals surface area contributed by atoms with Gasteiger partial charge in [0.25, 0.3) is 0 Å². The van der Waals surface area contributed by atoms with Gasteiger partial charge < -0.3 is 9.47 Å². The van der Waals surface area contributed by atoms with Crippen molar-refractivity contribution in [3.8, 4) is 0 Å². The molecule has 1 fully saturated rings. The van der Waals surface area contributed by atoms with E-state index in [0.717, 1.165) is 29.2 Å². The Kier molecular flexibility index (Phi) is 5.92. The minimum absolute atomic E-state index is 0.0214. The van der Waals surface area contributed by atoms with Crippen LogP contribution in [0.25, 0.3) is 0 Å². The Labute approximate surface area is 119 Å². The summed E-state index contributed by atoms with van der Waals surface area (Å²) in [5, 5.41) is 0. The van der Waals surface area contributed by atoms with E-state index in [1.807, 2.05) is 0 Å². The molecule has 0 N–H and O–H groups in total. The Morgan fingerprint density at radius 1 is 1.47 bits per heavy atom. The highest BCUT2D eigenvalue weighted by atomic mass is 32.2. The van der Waals surface area contributed by atoms with E-state index >= 15 is 0 Å². The van der Waals surface area contributed by atoms with E-state index in [4.69, 9.17) is 21.7 Å². The van der Waals surface area contributed by atoms with Gasteiger partial charge in [-0.2, -0.15) is 0 Å². The second-order valence-electron chi connectivity index (χ2n) is 3.79. The predicted octanol–water partition coefficient (Wildman–Crippen LogP) is 4.35. The molecule has 1 unspecified atom stereocenters. The summed E-state index contributed by atoms with van der Waals surface area (Å²) in [7, 11) is 0. The third kappa shape index (κ3) is 4.29. The lowest BCUT2D eigenvalue weighted by molar-refractivity contribution is -0.161. The number of hydrogen-bond acceptors (Lipinski definition) is 6. The number of thioether (sulfide) groups is 1. The lowest BCUT2D eigenvalue weighted by atomic mass is 10.2. The molecular formula is C11H16O2S4. The van der Waals surface area contributed by atoms with Gasteiger partial charge in [-0.1, -0.05) is 12.2 Å². The molecule has 0 saturated carbocycles. The smallest absolute Gasteiger partial charge is 0.157 e. The fourth-order valence-electron chi connectivity index (χ4n) is 1.73. The molecule has 0 aromatic carbocycles. The van der Waals surface area contributed by atoms with Crippen molar-refractivity contribution in [2.45, 2.75) is 36.2 Å². The predicted molar refractivity (Wildman–Crippen MR) is 78.1 cm³/mol. The molecule has 2 rings (SSSR count). The molecule has 0 radical (unpaired) electrons. The maximum atomic E-state index is 5.74.